The first-order chi connectivity index (χ1) is 30.7. The zero-order valence-electron chi connectivity index (χ0n) is 41.4. The Bertz CT molecular complexity index is 1070. The minimum Gasteiger partial charge on any atom is -0.394 e. The fraction of sp³-hybridized carbons (Fsp3) is 0.776. The van der Waals surface area contributed by atoms with Crippen LogP contribution < -0.4 is 5.32 Å². The molecule has 3 N–H and O–H groups in total. The number of aliphatic hydroxyl groups is 2. The molecule has 0 aliphatic carbocycles. The number of amides is 1. The molecule has 0 saturated carbocycles. The number of carbonyl (C=O) groups is 1. The van der Waals surface area contributed by atoms with Crippen molar-refractivity contribution in [3.63, 3.8) is 0 Å². The summed E-state index contributed by atoms with van der Waals surface area (Å²) in [5, 5.41) is 23.2. The maximum atomic E-state index is 12.5. The maximum absolute atomic E-state index is 12.5. The van der Waals surface area contributed by atoms with Gasteiger partial charge in [0.15, 0.2) is 0 Å². The van der Waals surface area contributed by atoms with E-state index in [0.717, 1.165) is 64.2 Å². The average Bonchev–Trinajstić information content (AvgIpc) is 3.28. The van der Waals surface area contributed by atoms with Gasteiger partial charge in [-0.25, -0.2) is 0 Å². The third-order valence-electron chi connectivity index (χ3n) is 12.2. The Morgan fingerprint density at radius 1 is 0.403 bits per heavy atom. The summed E-state index contributed by atoms with van der Waals surface area (Å²) in [6.07, 6.45) is 76.0. The van der Waals surface area contributed by atoms with Crippen molar-refractivity contribution in [3.05, 3.63) is 72.9 Å². The van der Waals surface area contributed by atoms with Gasteiger partial charge >= 0.3 is 0 Å². The zero-order valence-corrected chi connectivity index (χ0v) is 41.4. The molecule has 2 unspecified atom stereocenters. The van der Waals surface area contributed by atoms with Gasteiger partial charge in [0, 0.05) is 6.42 Å². The molecule has 1 amide bonds. The molecule has 0 heterocycles. The van der Waals surface area contributed by atoms with Crippen molar-refractivity contribution >= 4 is 5.91 Å². The highest BCUT2D eigenvalue weighted by atomic mass is 16.3. The van der Waals surface area contributed by atoms with Crippen molar-refractivity contribution in [1.82, 2.24) is 5.32 Å². The van der Waals surface area contributed by atoms with E-state index < -0.39 is 12.1 Å². The summed E-state index contributed by atoms with van der Waals surface area (Å²) in [6.45, 7) is 4.25. The van der Waals surface area contributed by atoms with Crippen molar-refractivity contribution in [2.45, 2.75) is 283 Å². The summed E-state index contributed by atoms with van der Waals surface area (Å²) < 4.78 is 0. The topological polar surface area (TPSA) is 69.6 Å². The van der Waals surface area contributed by atoms with E-state index in [1.165, 1.54) is 180 Å². The van der Waals surface area contributed by atoms with Gasteiger partial charge in [0.05, 0.1) is 18.8 Å². The summed E-state index contributed by atoms with van der Waals surface area (Å²) in [5.74, 6) is -0.0307. The van der Waals surface area contributed by atoms with E-state index in [1.807, 2.05) is 0 Å². The molecule has 0 fully saturated rings. The monoisotopic (exact) mass is 864 g/mol. The van der Waals surface area contributed by atoms with Crippen LogP contribution in [0.4, 0.5) is 0 Å². The Morgan fingerprint density at radius 2 is 0.710 bits per heavy atom. The Morgan fingerprint density at radius 3 is 1.06 bits per heavy atom. The molecular weight excluding hydrogens is 759 g/mol. The van der Waals surface area contributed by atoms with Crippen molar-refractivity contribution in [3.8, 4) is 0 Å². The molecule has 0 aromatic carbocycles. The van der Waals surface area contributed by atoms with E-state index >= 15 is 0 Å². The molecule has 0 aliphatic rings. The Kier molecular flexibility index (Phi) is 51.3. The summed E-state index contributed by atoms with van der Waals surface area (Å²) in [4.78, 5) is 12.5. The molecule has 0 radical (unpaired) electrons. The van der Waals surface area contributed by atoms with Gasteiger partial charge in [-0.15, -0.1) is 0 Å². The quantitative estimate of drug-likeness (QED) is 0.0421. The van der Waals surface area contributed by atoms with Crippen molar-refractivity contribution in [1.29, 1.82) is 0 Å². The van der Waals surface area contributed by atoms with Crippen LogP contribution in [-0.4, -0.2) is 34.9 Å². The number of aliphatic hydroxyl groups excluding tert-OH is 2. The molecule has 2 atom stereocenters. The minimum atomic E-state index is -0.659. The largest absolute Gasteiger partial charge is 0.394 e. The first-order valence-corrected chi connectivity index (χ1v) is 27.1. The summed E-state index contributed by atoms with van der Waals surface area (Å²) in [5.41, 5.74) is 0. The second kappa shape index (κ2) is 53.2. The van der Waals surface area contributed by atoms with Crippen LogP contribution in [0.5, 0.6) is 0 Å². The lowest BCUT2D eigenvalue weighted by Gasteiger charge is -2.22. The van der Waals surface area contributed by atoms with Crippen LogP contribution in [-0.2, 0) is 4.79 Å². The predicted octanol–water partition coefficient (Wildman–Crippen LogP) is 17.8. The summed E-state index contributed by atoms with van der Waals surface area (Å²) in [6, 6.07) is -0.536. The lowest BCUT2D eigenvalue weighted by Crippen LogP contribution is -2.45. The highest BCUT2D eigenvalue weighted by molar-refractivity contribution is 5.76. The van der Waals surface area contributed by atoms with Crippen LogP contribution in [0.15, 0.2) is 72.9 Å². The van der Waals surface area contributed by atoms with E-state index in [9.17, 15) is 15.0 Å². The second-order valence-corrected chi connectivity index (χ2v) is 18.3. The predicted molar refractivity (Wildman–Crippen MR) is 276 cm³/mol. The van der Waals surface area contributed by atoms with Gasteiger partial charge in [-0.05, 0) is 64.2 Å². The molecule has 4 nitrogen and oxygen atoms in total. The number of hydrogen-bond donors (Lipinski definition) is 3. The lowest BCUT2D eigenvalue weighted by atomic mass is 10.0. The molecule has 360 valence electrons. The van der Waals surface area contributed by atoms with Crippen LogP contribution in [0.2, 0.25) is 0 Å². The number of hydrogen-bond acceptors (Lipinski definition) is 3. The Labute approximate surface area is 387 Å². The van der Waals surface area contributed by atoms with Crippen LogP contribution in [0.25, 0.3) is 0 Å². The van der Waals surface area contributed by atoms with Crippen molar-refractivity contribution in [2.24, 2.45) is 0 Å². The molecule has 0 aromatic heterocycles. The van der Waals surface area contributed by atoms with Crippen LogP contribution in [0.3, 0.4) is 0 Å². The normalized spacial score (nSPS) is 13.4. The van der Waals surface area contributed by atoms with Gasteiger partial charge in [-0.2, -0.15) is 0 Å². The smallest absolute Gasteiger partial charge is 0.220 e. The number of allylic oxidation sites excluding steroid dienone is 12. The molecule has 0 saturated heterocycles. The third kappa shape index (κ3) is 48.9. The van der Waals surface area contributed by atoms with Crippen LogP contribution in [0.1, 0.15) is 271 Å². The van der Waals surface area contributed by atoms with Gasteiger partial charge < -0.3 is 15.5 Å². The molecule has 0 spiro atoms. The lowest BCUT2D eigenvalue weighted by molar-refractivity contribution is -0.123. The standard InChI is InChI=1S/C58H105NO3/c1-3-5-7-9-11-13-15-17-18-19-20-21-22-23-24-25-26-27-28-29-30-31-32-33-34-35-36-37-38-39-40-42-44-46-48-50-52-54-58(62)59-56(55-60)57(61)53-51-49-47-45-43-41-16-14-12-10-8-6-4-2/h5,7,11,13,17-18,20-21,23-24,26-27,56-57,60-61H,3-4,6,8-10,12,14-16,19,22,25,28-55H2,1-2H3,(H,59,62)/b7-5-,13-11-,18-17-,21-20-,24-23-,27-26-. The number of nitrogens with one attached hydrogen (secondary N) is 1. The minimum absolute atomic E-state index is 0.0307. The fourth-order valence-corrected chi connectivity index (χ4v) is 8.13. The molecule has 0 rings (SSSR count). The molecule has 0 aliphatic heterocycles. The van der Waals surface area contributed by atoms with Gasteiger partial charge in [-0.1, -0.05) is 273 Å². The highest BCUT2D eigenvalue weighted by Crippen LogP contribution is 2.17. The molecule has 62 heavy (non-hydrogen) atoms. The first-order valence-electron chi connectivity index (χ1n) is 27.1. The molecular formula is C58H105NO3. The van der Waals surface area contributed by atoms with Gasteiger partial charge in [0.2, 0.25) is 5.91 Å². The van der Waals surface area contributed by atoms with E-state index in [0.29, 0.717) is 12.8 Å². The van der Waals surface area contributed by atoms with E-state index in [1.54, 1.807) is 0 Å². The number of rotatable bonds is 49. The van der Waals surface area contributed by atoms with Gasteiger partial charge in [0.1, 0.15) is 0 Å². The molecule has 0 bridgehead atoms. The number of unbranched alkanes of at least 4 members (excludes halogenated alkanes) is 30. The fourth-order valence-electron chi connectivity index (χ4n) is 8.13. The van der Waals surface area contributed by atoms with Crippen molar-refractivity contribution in [2.75, 3.05) is 6.61 Å². The van der Waals surface area contributed by atoms with E-state index in [-0.39, 0.29) is 12.5 Å². The van der Waals surface area contributed by atoms with Crippen LogP contribution >= 0.6 is 0 Å². The van der Waals surface area contributed by atoms with E-state index in [4.69, 9.17) is 0 Å². The van der Waals surface area contributed by atoms with Crippen LogP contribution in [0, 0.1) is 0 Å². The Balaban J connectivity index is 3.44. The third-order valence-corrected chi connectivity index (χ3v) is 12.2. The maximum Gasteiger partial charge on any atom is 0.220 e. The number of carbonyl (C=O) groups excluding carboxylic acids is 1. The molecule has 0 aromatic rings. The summed E-state index contributed by atoms with van der Waals surface area (Å²) >= 11 is 0. The highest BCUT2D eigenvalue weighted by Gasteiger charge is 2.20. The van der Waals surface area contributed by atoms with Gasteiger partial charge in [0.25, 0.3) is 0 Å². The van der Waals surface area contributed by atoms with E-state index in [2.05, 4.69) is 92.1 Å². The Hall–Kier alpha value is -2.17. The van der Waals surface area contributed by atoms with Crippen molar-refractivity contribution < 1.29 is 15.0 Å². The summed E-state index contributed by atoms with van der Waals surface area (Å²) in [7, 11) is 0. The average molecular weight is 864 g/mol. The molecule has 4 heteroatoms. The first kappa shape index (κ1) is 59.8. The SMILES string of the molecule is CC/C=C\C/C=C\C/C=C\C/C=C\C/C=C\C/C=C\CCCCCCCCCCCCCCCCCCCCC(=O)NC(CO)C(O)CCCCCCCCCCCCCCC. The zero-order chi connectivity index (χ0) is 44.9. The second-order valence-electron chi connectivity index (χ2n) is 18.3. The van der Waals surface area contributed by atoms with Gasteiger partial charge in [-0.3, -0.25) is 4.79 Å².